The molecular formula is C30H30F4. The van der Waals surface area contributed by atoms with Gasteiger partial charge in [0.25, 0.3) is 0 Å². The topological polar surface area (TPSA) is 0 Å². The van der Waals surface area contributed by atoms with E-state index in [1.807, 2.05) is 0 Å². The van der Waals surface area contributed by atoms with Crippen molar-refractivity contribution in [2.75, 3.05) is 0 Å². The third kappa shape index (κ3) is 5.63. The van der Waals surface area contributed by atoms with Gasteiger partial charge in [-0.3, -0.25) is 0 Å². The Labute approximate surface area is 199 Å². The van der Waals surface area contributed by atoms with Crippen LogP contribution in [0.2, 0.25) is 0 Å². The first-order valence-corrected chi connectivity index (χ1v) is 12.3. The van der Waals surface area contributed by atoms with Crippen molar-refractivity contribution in [3.63, 3.8) is 0 Å². The normalized spacial score (nSPS) is 18.0. The molecule has 1 fully saturated rings. The van der Waals surface area contributed by atoms with Gasteiger partial charge in [0.05, 0.1) is 5.39 Å². The SMILES string of the molecule is CCCCCCc1ccc(C2CCC(C#Cc3cc(F)c4c(F)c(F)c(F)cc4c3)CC2)cc1. The molecule has 0 heterocycles. The van der Waals surface area contributed by atoms with Crippen LogP contribution in [0.15, 0.2) is 42.5 Å². The molecule has 34 heavy (non-hydrogen) atoms. The van der Waals surface area contributed by atoms with Crippen LogP contribution >= 0.6 is 0 Å². The zero-order valence-corrected chi connectivity index (χ0v) is 19.6. The average molecular weight is 467 g/mol. The molecule has 0 amide bonds. The predicted molar refractivity (Wildman–Crippen MR) is 130 cm³/mol. The van der Waals surface area contributed by atoms with Crippen LogP contribution in [0.1, 0.15) is 80.9 Å². The van der Waals surface area contributed by atoms with Gasteiger partial charge >= 0.3 is 0 Å². The summed E-state index contributed by atoms with van der Waals surface area (Å²) in [5.41, 5.74) is 3.13. The summed E-state index contributed by atoms with van der Waals surface area (Å²) in [6.07, 6.45) is 10.3. The van der Waals surface area contributed by atoms with Crippen LogP contribution in [0, 0.1) is 41.0 Å². The molecule has 0 aliphatic heterocycles. The molecule has 1 aliphatic rings. The minimum absolute atomic E-state index is 0.0294. The van der Waals surface area contributed by atoms with Crippen LogP contribution in [0.25, 0.3) is 10.8 Å². The van der Waals surface area contributed by atoms with Crippen molar-refractivity contribution in [1.29, 1.82) is 0 Å². The van der Waals surface area contributed by atoms with E-state index in [1.54, 1.807) is 0 Å². The fourth-order valence-corrected chi connectivity index (χ4v) is 4.93. The van der Waals surface area contributed by atoms with Crippen molar-refractivity contribution in [3.05, 3.63) is 82.4 Å². The molecule has 0 radical (unpaired) electrons. The Morgan fingerprint density at radius 3 is 2.24 bits per heavy atom. The number of aryl methyl sites for hydroxylation is 1. The third-order valence-corrected chi connectivity index (χ3v) is 6.94. The lowest BCUT2D eigenvalue weighted by Crippen LogP contribution is -2.12. The second-order valence-corrected chi connectivity index (χ2v) is 9.41. The summed E-state index contributed by atoms with van der Waals surface area (Å²) in [5.74, 6) is 1.47. The Balaban J connectivity index is 1.36. The Kier molecular flexibility index (Phi) is 7.93. The second-order valence-electron chi connectivity index (χ2n) is 9.41. The number of benzene rings is 3. The quantitative estimate of drug-likeness (QED) is 0.147. The maximum absolute atomic E-state index is 14.4. The second kappa shape index (κ2) is 11.1. The maximum Gasteiger partial charge on any atom is 0.195 e. The van der Waals surface area contributed by atoms with Gasteiger partial charge in [0, 0.05) is 11.5 Å². The predicted octanol–water partition coefficient (Wildman–Crippen LogP) is 8.84. The summed E-state index contributed by atoms with van der Waals surface area (Å²) >= 11 is 0. The van der Waals surface area contributed by atoms with Gasteiger partial charge in [-0.25, -0.2) is 17.6 Å². The molecule has 0 aromatic heterocycles. The van der Waals surface area contributed by atoms with Crippen LogP contribution in [-0.2, 0) is 6.42 Å². The van der Waals surface area contributed by atoms with E-state index in [-0.39, 0.29) is 11.3 Å². The van der Waals surface area contributed by atoms with Gasteiger partial charge in [0.2, 0.25) is 0 Å². The fourth-order valence-electron chi connectivity index (χ4n) is 4.93. The zero-order chi connectivity index (χ0) is 24.1. The first-order valence-electron chi connectivity index (χ1n) is 12.3. The van der Waals surface area contributed by atoms with Crippen molar-refractivity contribution < 1.29 is 17.6 Å². The molecule has 0 unspecified atom stereocenters. The van der Waals surface area contributed by atoms with E-state index in [9.17, 15) is 17.6 Å². The van der Waals surface area contributed by atoms with E-state index in [0.717, 1.165) is 44.2 Å². The largest absolute Gasteiger partial charge is 0.206 e. The van der Waals surface area contributed by atoms with Crippen LogP contribution in [0.3, 0.4) is 0 Å². The fraction of sp³-hybridized carbons (Fsp3) is 0.400. The summed E-state index contributed by atoms with van der Waals surface area (Å²) < 4.78 is 55.3. The van der Waals surface area contributed by atoms with Gasteiger partial charge < -0.3 is 0 Å². The lowest BCUT2D eigenvalue weighted by molar-refractivity contribution is 0.384. The zero-order valence-electron chi connectivity index (χ0n) is 19.6. The van der Waals surface area contributed by atoms with Gasteiger partial charge in [-0.05, 0) is 79.2 Å². The average Bonchev–Trinajstić information content (AvgIpc) is 2.84. The van der Waals surface area contributed by atoms with E-state index in [4.69, 9.17) is 0 Å². The van der Waals surface area contributed by atoms with E-state index in [1.165, 1.54) is 42.9 Å². The molecule has 0 spiro atoms. The molecule has 0 atom stereocenters. The Hall–Kier alpha value is -2.80. The van der Waals surface area contributed by atoms with E-state index >= 15 is 0 Å². The lowest BCUT2D eigenvalue weighted by atomic mass is 9.78. The molecule has 0 bridgehead atoms. The summed E-state index contributed by atoms with van der Waals surface area (Å²) in [7, 11) is 0. The number of halogens is 4. The Morgan fingerprint density at radius 2 is 1.53 bits per heavy atom. The molecule has 3 aromatic carbocycles. The van der Waals surface area contributed by atoms with E-state index in [0.29, 0.717) is 11.5 Å². The number of rotatable bonds is 6. The minimum Gasteiger partial charge on any atom is -0.206 e. The molecule has 0 saturated heterocycles. The molecule has 1 saturated carbocycles. The molecular weight excluding hydrogens is 436 g/mol. The first-order chi connectivity index (χ1) is 16.5. The number of unbranched alkanes of at least 4 members (excludes halogenated alkanes) is 3. The first kappa shape index (κ1) is 24.3. The van der Waals surface area contributed by atoms with Gasteiger partial charge in [0.1, 0.15) is 5.82 Å². The molecule has 1 aliphatic carbocycles. The van der Waals surface area contributed by atoms with Gasteiger partial charge in [-0.15, -0.1) is 0 Å². The minimum atomic E-state index is -1.66. The highest BCUT2D eigenvalue weighted by Crippen LogP contribution is 2.36. The highest BCUT2D eigenvalue weighted by atomic mass is 19.2. The molecule has 4 heteroatoms. The van der Waals surface area contributed by atoms with E-state index < -0.39 is 28.7 Å². The van der Waals surface area contributed by atoms with Crippen molar-refractivity contribution in [2.45, 2.75) is 70.6 Å². The van der Waals surface area contributed by atoms with Crippen molar-refractivity contribution in [3.8, 4) is 11.8 Å². The summed E-state index contributed by atoms with van der Waals surface area (Å²) in [6, 6.07) is 12.4. The van der Waals surface area contributed by atoms with Gasteiger partial charge in [0.15, 0.2) is 17.5 Å². The Bertz CT molecular complexity index is 1190. The van der Waals surface area contributed by atoms with Crippen LogP contribution in [-0.4, -0.2) is 0 Å². The van der Waals surface area contributed by atoms with Crippen molar-refractivity contribution in [2.24, 2.45) is 5.92 Å². The third-order valence-electron chi connectivity index (χ3n) is 6.94. The monoisotopic (exact) mass is 466 g/mol. The van der Waals surface area contributed by atoms with Gasteiger partial charge in [-0.1, -0.05) is 62.3 Å². The van der Waals surface area contributed by atoms with Crippen molar-refractivity contribution >= 4 is 10.8 Å². The molecule has 3 aromatic rings. The summed E-state index contributed by atoms with van der Waals surface area (Å²) in [4.78, 5) is 0. The number of hydrogen-bond donors (Lipinski definition) is 0. The van der Waals surface area contributed by atoms with E-state index in [2.05, 4.69) is 43.0 Å². The maximum atomic E-state index is 14.4. The number of hydrogen-bond acceptors (Lipinski definition) is 0. The van der Waals surface area contributed by atoms with Crippen LogP contribution in [0.4, 0.5) is 17.6 Å². The van der Waals surface area contributed by atoms with Gasteiger partial charge in [-0.2, -0.15) is 0 Å². The molecule has 0 N–H and O–H groups in total. The standard InChI is InChI=1S/C30H30F4/c1-2-3-4-5-6-20-9-13-23(14-10-20)24-15-11-21(12-16-24)7-8-22-17-25-19-27(32)29(33)30(34)28(25)26(31)18-22/h9-10,13-14,17-19,21,24H,2-6,11-12,15-16H2,1H3. The molecule has 4 rings (SSSR count). The highest BCUT2D eigenvalue weighted by molar-refractivity contribution is 5.85. The van der Waals surface area contributed by atoms with Crippen molar-refractivity contribution in [1.82, 2.24) is 0 Å². The smallest absolute Gasteiger partial charge is 0.195 e. The molecule has 0 nitrogen and oxygen atoms in total. The number of fused-ring (bicyclic) bond motifs is 1. The lowest BCUT2D eigenvalue weighted by Gasteiger charge is -2.26. The Morgan fingerprint density at radius 1 is 0.794 bits per heavy atom. The van der Waals surface area contributed by atoms with Crippen LogP contribution in [0.5, 0.6) is 0 Å². The molecule has 178 valence electrons. The van der Waals surface area contributed by atoms with Crippen LogP contribution < -0.4 is 0 Å². The summed E-state index contributed by atoms with van der Waals surface area (Å²) in [6.45, 7) is 2.23. The highest BCUT2D eigenvalue weighted by Gasteiger charge is 2.21. The summed E-state index contributed by atoms with van der Waals surface area (Å²) in [5, 5.41) is -0.574.